The molecule has 0 radical (unpaired) electrons. The second kappa shape index (κ2) is 10.4. The van der Waals surface area contributed by atoms with Gasteiger partial charge in [-0.2, -0.15) is 5.10 Å². The van der Waals surface area contributed by atoms with Crippen LogP contribution in [0.2, 0.25) is 0 Å². The Morgan fingerprint density at radius 2 is 2.12 bits per heavy atom. The van der Waals surface area contributed by atoms with Crippen molar-refractivity contribution in [2.24, 2.45) is 15.8 Å². The number of amidine groups is 1. The van der Waals surface area contributed by atoms with Crippen molar-refractivity contribution in [1.29, 1.82) is 0 Å². The summed E-state index contributed by atoms with van der Waals surface area (Å²) in [6, 6.07) is 7.53. The average molecular weight is 465 g/mol. The fourth-order valence-corrected chi connectivity index (χ4v) is 4.78. The van der Waals surface area contributed by atoms with Gasteiger partial charge in [-0.05, 0) is 70.7 Å². The number of nitrogens with zero attached hydrogens (tertiary/aromatic N) is 5. The molecule has 3 heterocycles. The third kappa shape index (κ3) is 5.33. The van der Waals surface area contributed by atoms with Gasteiger partial charge in [-0.25, -0.2) is 10.0 Å². The Bertz CT molecular complexity index is 1010. The molecule has 0 saturated carbocycles. The number of aliphatic imine (C=N–C) groups is 1. The Morgan fingerprint density at radius 3 is 2.82 bits per heavy atom. The van der Waals surface area contributed by atoms with Crippen molar-refractivity contribution in [2.75, 3.05) is 19.6 Å². The van der Waals surface area contributed by atoms with Gasteiger partial charge in [0.1, 0.15) is 11.6 Å². The number of ether oxygens (including phenoxy) is 1. The normalized spacial score (nSPS) is 24.4. The number of carbonyl (C=O) groups is 1. The molecule has 0 spiro atoms. The fraction of sp³-hybridized carbons (Fsp3) is 0.500. The van der Waals surface area contributed by atoms with Gasteiger partial charge in [0, 0.05) is 49.7 Å². The monoisotopic (exact) mass is 464 g/mol. The van der Waals surface area contributed by atoms with Crippen molar-refractivity contribution in [3.05, 3.63) is 53.5 Å². The molecule has 0 aromatic heterocycles. The van der Waals surface area contributed by atoms with Crippen LogP contribution in [-0.2, 0) is 0 Å². The number of hydrogen-bond acceptors (Lipinski definition) is 7. The van der Waals surface area contributed by atoms with Crippen LogP contribution >= 0.6 is 0 Å². The SMILES string of the molecule is C=NN1C=C(C)C(N2CC[C@H](N)C2)=N/C1=C/C1CCCCN1C(=O)c1cccc(OC(C)C)c1. The van der Waals surface area contributed by atoms with Gasteiger partial charge in [0.2, 0.25) is 0 Å². The first-order valence-corrected chi connectivity index (χ1v) is 12.2. The van der Waals surface area contributed by atoms with E-state index >= 15 is 0 Å². The van der Waals surface area contributed by atoms with Gasteiger partial charge in [0.15, 0.2) is 5.82 Å². The minimum atomic E-state index is -0.0761. The molecule has 2 atom stereocenters. The molecule has 182 valence electrons. The summed E-state index contributed by atoms with van der Waals surface area (Å²) in [4.78, 5) is 22.7. The van der Waals surface area contributed by atoms with Gasteiger partial charge < -0.3 is 20.3 Å². The van der Waals surface area contributed by atoms with Gasteiger partial charge in [0.05, 0.1) is 12.1 Å². The second-order valence-electron chi connectivity index (χ2n) is 9.51. The first-order valence-electron chi connectivity index (χ1n) is 12.2. The number of likely N-dealkylation sites (tertiary alicyclic amines) is 2. The Morgan fingerprint density at radius 1 is 1.29 bits per heavy atom. The van der Waals surface area contributed by atoms with Crippen LogP contribution in [0.1, 0.15) is 56.8 Å². The Labute approximate surface area is 202 Å². The van der Waals surface area contributed by atoms with Crippen LogP contribution in [0.3, 0.4) is 0 Å². The lowest BCUT2D eigenvalue weighted by molar-refractivity contribution is 0.0661. The highest BCUT2D eigenvalue weighted by atomic mass is 16.5. The highest BCUT2D eigenvalue weighted by Gasteiger charge is 2.30. The molecule has 8 heteroatoms. The summed E-state index contributed by atoms with van der Waals surface area (Å²) in [5.41, 5.74) is 7.80. The molecule has 2 fully saturated rings. The van der Waals surface area contributed by atoms with E-state index in [4.69, 9.17) is 15.5 Å². The molecule has 1 aromatic rings. The molecule has 2 saturated heterocycles. The Hall–Kier alpha value is -3.13. The maximum atomic E-state index is 13.5. The molecule has 0 bridgehead atoms. The van der Waals surface area contributed by atoms with E-state index < -0.39 is 0 Å². The Kier molecular flexibility index (Phi) is 7.36. The van der Waals surface area contributed by atoms with Crippen LogP contribution in [0.5, 0.6) is 5.75 Å². The summed E-state index contributed by atoms with van der Waals surface area (Å²) in [5.74, 6) is 2.33. The average Bonchev–Trinajstić information content (AvgIpc) is 3.25. The summed E-state index contributed by atoms with van der Waals surface area (Å²) >= 11 is 0. The summed E-state index contributed by atoms with van der Waals surface area (Å²) in [5, 5.41) is 5.85. The molecule has 3 aliphatic rings. The van der Waals surface area contributed by atoms with E-state index in [9.17, 15) is 4.79 Å². The maximum absolute atomic E-state index is 13.5. The number of hydrazone groups is 1. The highest BCUT2D eigenvalue weighted by molar-refractivity contribution is 5.99. The van der Waals surface area contributed by atoms with Gasteiger partial charge in [-0.3, -0.25) is 4.79 Å². The lowest BCUT2D eigenvalue weighted by Crippen LogP contribution is -2.43. The van der Waals surface area contributed by atoms with Gasteiger partial charge in [0.25, 0.3) is 5.91 Å². The summed E-state index contributed by atoms with van der Waals surface area (Å²) in [7, 11) is 0. The van der Waals surface area contributed by atoms with E-state index in [1.165, 1.54) is 0 Å². The van der Waals surface area contributed by atoms with Crippen molar-refractivity contribution in [1.82, 2.24) is 14.8 Å². The zero-order valence-corrected chi connectivity index (χ0v) is 20.5. The third-order valence-electron chi connectivity index (χ3n) is 6.40. The van der Waals surface area contributed by atoms with Gasteiger partial charge in [-0.1, -0.05) is 6.07 Å². The van der Waals surface area contributed by atoms with Crippen molar-refractivity contribution in [3.63, 3.8) is 0 Å². The molecule has 1 unspecified atom stereocenters. The highest BCUT2D eigenvalue weighted by Crippen LogP contribution is 2.27. The van der Waals surface area contributed by atoms with Gasteiger partial charge >= 0.3 is 0 Å². The fourth-order valence-electron chi connectivity index (χ4n) is 4.78. The number of hydrogen-bond donors (Lipinski definition) is 1. The minimum Gasteiger partial charge on any atom is -0.491 e. The lowest BCUT2D eigenvalue weighted by Gasteiger charge is -2.35. The zero-order valence-electron chi connectivity index (χ0n) is 20.5. The third-order valence-corrected chi connectivity index (χ3v) is 6.40. The van der Waals surface area contributed by atoms with Crippen LogP contribution in [0.15, 0.2) is 58.0 Å². The second-order valence-corrected chi connectivity index (χ2v) is 9.51. The van der Waals surface area contributed by atoms with E-state index in [2.05, 4.69) is 22.8 Å². The molecule has 1 aromatic carbocycles. The van der Waals surface area contributed by atoms with Crippen LogP contribution in [0, 0.1) is 0 Å². The number of nitrogens with two attached hydrogens (primary N) is 1. The van der Waals surface area contributed by atoms with Crippen molar-refractivity contribution < 1.29 is 9.53 Å². The number of benzene rings is 1. The molecule has 8 nitrogen and oxygen atoms in total. The summed E-state index contributed by atoms with van der Waals surface area (Å²) in [6.45, 7) is 12.1. The van der Waals surface area contributed by atoms with Gasteiger partial charge in [-0.15, -0.1) is 0 Å². The maximum Gasteiger partial charge on any atom is 0.254 e. The quantitative estimate of drug-likeness (QED) is 0.673. The standard InChI is InChI=1S/C26H36N6O2/c1-18(2)34-23-10-7-8-20(14-23)26(33)31-12-6-5-9-22(31)15-24-29-25(19(3)16-32(24)28-4)30-13-11-21(27)17-30/h7-8,10,14-16,18,21-22H,4-6,9,11-13,17,27H2,1-3H3/b24-15-/t21-,22?/m0/s1. The molecule has 4 rings (SSSR count). The van der Waals surface area contributed by atoms with Crippen molar-refractivity contribution in [2.45, 2.75) is 64.6 Å². The smallest absolute Gasteiger partial charge is 0.254 e. The van der Waals surface area contributed by atoms with E-state index in [1.807, 2.05) is 56.1 Å². The summed E-state index contributed by atoms with van der Waals surface area (Å²) < 4.78 is 5.80. The zero-order chi connectivity index (χ0) is 24.2. The van der Waals surface area contributed by atoms with E-state index in [1.54, 1.807) is 5.01 Å². The first kappa shape index (κ1) is 24.0. The molecule has 0 aliphatic carbocycles. The Balaban J connectivity index is 1.61. The summed E-state index contributed by atoms with van der Waals surface area (Å²) in [6.07, 6.45) is 7.93. The predicted molar refractivity (Wildman–Crippen MR) is 136 cm³/mol. The number of rotatable bonds is 5. The molecular weight excluding hydrogens is 428 g/mol. The van der Waals surface area contributed by atoms with Crippen LogP contribution in [0.25, 0.3) is 0 Å². The molecule has 3 aliphatic heterocycles. The first-order chi connectivity index (χ1) is 16.4. The topological polar surface area (TPSA) is 86.8 Å². The predicted octanol–water partition coefficient (Wildman–Crippen LogP) is 3.58. The van der Waals surface area contributed by atoms with E-state index in [0.717, 1.165) is 50.2 Å². The number of carbonyl (C=O) groups excluding carboxylic acids is 1. The van der Waals surface area contributed by atoms with Crippen molar-refractivity contribution in [3.8, 4) is 5.75 Å². The van der Waals surface area contributed by atoms with Crippen LogP contribution < -0.4 is 10.5 Å². The molecular formula is C26H36N6O2. The number of piperidine rings is 1. The van der Waals surface area contributed by atoms with Crippen LogP contribution in [0.4, 0.5) is 0 Å². The largest absolute Gasteiger partial charge is 0.491 e. The van der Waals surface area contributed by atoms with E-state index in [0.29, 0.717) is 23.7 Å². The number of amides is 1. The minimum absolute atomic E-state index is 0.00567. The molecule has 1 amide bonds. The van der Waals surface area contributed by atoms with Crippen molar-refractivity contribution >= 4 is 18.5 Å². The van der Waals surface area contributed by atoms with Crippen LogP contribution in [-0.4, -0.2) is 71.1 Å². The lowest BCUT2D eigenvalue weighted by atomic mass is 10.00. The van der Waals surface area contributed by atoms with E-state index in [-0.39, 0.29) is 24.1 Å². The molecule has 34 heavy (non-hydrogen) atoms. The molecule has 2 N–H and O–H groups in total.